The van der Waals surface area contributed by atoms with Crippen LogP contribution in [0.25, 0.3) is 0 Å². The van der Waals surface area contributed by atoms with Crippen LogP contribution < -0.4 is 10.6 Å². The van der Waals surface area contributed by atoms with Crippen LogP contribution in [0.5, 0.6) is 0 Å². The number of rotatable bonds is 13. The molecule has 6 aliphatic rings. The van der Waals surface area contributed by atoms with E-state index >= 15 is 0 Å². The normalized spacial score (nSPS) is 43.2. The van der Waals surface area contributed by atoms with E-state index in [1.54, 1.807) is 25.1 Å². The predicted molar refractivity (Wildman–Crippen MR) is 248 cm³/mol. The van der Waals surface area contributed by atoms with Gasteiger partial charge in [0.05, 0.1) is 63.3 Å². The molecule has 4 saturated heterocycles. The first-order valence-corrected chi connectivity index (χ1v) is 25.0. The number of carboxylic acid groups (broad SMARTS) is 1. The Kier molecular flexibility index (Phi) is 14.4. The van der Waals surface area contributed by atoms with Crippen molar-refractivity contribution in [2.24, 2.45) is 40.9 Å². The van der Waals surface area contributed by atoms with Crippen LogP contribution in [0.15, 0.2) is 30.4 Å². The first-order chi connectivity index (χ1) is 30.5. The summed E-state index contributed by atoms with van der Waals surface area (Å²) in [6.07, 6.45) is 7.04. The lowest BCUT2D eigenvalue weighted by Crippen LogP contribution is -2.66. The number of ether oxygens (including phenoxy) is 5. The summed E-state index contributed by atoms with van der Waals surface area (Å²) in [4.78, 5) is 40.8. The van der Waals surface area contributed by atoms with Crippen LogP contribution in [0.2, 0.25) is 10.0 Å². The molecule has 1 saturated carbocycles. The molecule has 7 rings (SSSR count). The van der Waals surface area contributed by atoms with Crippen LogP contribution in [-0.4, -0.2) is 98.0 Å². The molecule has 3 unspecified atom stereocenters. The van der Waals surface area contributed by atoms with Gasteiger partial charge in [-0.05, 0) is 114 Å². The van der Waals surface area contributed by atoms with Gasteiger partial charge in [0.25, 0.3) is 0 Å². The average Bonchev–Trinajstić information content (AvgIpc) is 3.72. The number of ketones is 1. The zero-order valence-corrected chi connectivity index (χ0v) is 41.5. The fourth-order valence-corrected chi connectivity index (χ4v) is 12.9. The van der Waals surface area contributed by atoms with Crippen molar-refractivity contribution in [3.8, 4) is 0 Å². The largest absolute Gasteiger partial charge is 0.481 e. The molecule has 5 fully saturated rings. The molecule has 5 aliphatic heterocycles. The van der Waals surface area contributed by atoms with Gasteiger partial charge >= 0.3 is 12.0 Å². The number of urea groups is 1. The van der Waals surface area contributed by atoms with Crippen LogP contribution in [-0.2, 0) is 33.3 Å². The van der Waals surface area contributed by atoms with E-state index in [4.69, 9.17) is 46.9 Å². The van der Waals surface area contributed by atoms with E-state index in [0.29, 0.717) is 79.9 Å². The van der Waals surface area contributed by atoms with Crippen molar-refractivity contribution < 1.29 is 53.4 Å². The second-order valence-corrected chi connectivity index (χ2v) is 22.0. The average molecular weight is 950 g/mol. The standard InChI is InChI=1S/C50H74Cl2N2O11/c1-11-33(43(57)58)37-17-14-28(5)48(62-37)26-45(48,9)42(56)30(7)40(55)34(12-2)41-27(4)24-29(6)49(63-41)21-18-38(54-44(59)53-32-15-16-35(51)36(52)25-32)50(65-49)23-22-46(10,64-50)39-19-20-47(60,13-3)31(8)61-39/h15-16,18,21,25,27-31,33-34,37-39,41-42,56,60H,11-14,17,19-20,22-24,26H2,1-10H3,(H,57,58)(H2,53,54,59)/t27-,28-,29+,30+,31-,33+,34?,37+,38?,39+,41-,42+,45?,46-,47+,48+,49-,50-/m0/s1. The van der Waals surface area contributed by atoms with Gasteiger partial charge in [0, 0.05) is 35.3 Å². The zero-order valence-electron chi connectivity index (χ0n) is 40.0. The van der Waals surface area contributed by atoms with Crippen molar-refractivity contribution in [2.75, 3.05) is 5.32 Å². The molecule has 3 spiro atoms. The van der Waals surface area contributed by atoms with Gasteiger partial charge in [0.1, 0.15) is 11.8 Å². The number of aliphatic hydroxyl groups is 2. The van der Waals surface area contributed by atoms with Gasteiger partial charge < -0.3 is 49.6 Å². The summed E-state index contributed by atoms with van der Waals surface area (Å²) in [5.41, 5.74) is -2.79. The summed E-state index contributed by atoms with van der Waals surface area (Å²) in [5.74, 6) is -5.86. The Balaban J connectivity index is 1.14. The molecule has 5 N–H and O–H groups in total. The van der Waals surface area contributed by atoms with Gasteiger partial charge in [-0.3, -0.25) is 9.59 Å². The van der Waals surface area contributed by atoms with Crippen molar-refractivity contribution in [3.63, 3.8) is 0 Å². The third kappa shape index (κ3) is 8.95. The maximum absolute atomic E-state index is 14.9. The lowest BCUT2D eigenvalue weighted by molar-refractivity contribution is -0.397. The number of benzene rings is 1. The molecule has 65 heavy (non-hydrogen) atoms. The summed E-state index contributed by atoms with van der Waals surface area (Å²) >= 11 is 12.4. The molecule has 15 heteroatoms. The molecule has 5 heterocycles. The lowest BCUT2D eigenvalue weighted by Gasteiger charge is -2.55. The van der Waals surface area contributed by atoms with Crippen molar-refractivity contribution in [1.29, 1.82) is 0 Å². The highest BCUT2D eigenvalue weighted by molar-refractivity contribution is 6.42. The molecule has 0 bridgehead atoms. The summed E-state index contributed by atoms with van der Waals surface area (Å²) < 4.78 is 34.9. The minimum Gasteiger partial charge on any atom is -0.481 e. The quantitative estimate of drug-likeness (QED) is 0.119. The maximum atomic E-state index is 14.9. The monoisotopic (exact) mass is 948 g/mol. The fourth-order valence-electron chi connectivity index (χ4n) is 12.7. The number of hydrogen-bond donors (Lipinski definition) is 5. The number of amides is 2. The Bertz CT molecular complexity index is 1990. The molecular weight excluding hydrogens is 875 g/mol. The molecule has 0 aromatic heterocycles. The minimum absolute atomic E-state index is 0.0499. The maximum Gasteiger partial charge on any atom is 0.319 e. The van der Waals surface area contributed by atoms with E-state index in [1.807, 2.05) is 53.7 Å². The van der Waals surface area contributed by atoms with Gasteiger partial charge in [0.15, 0.2) is 11.6 Å². The second kappa shape index (κ2) is 18.5. The molecule has 1 aromatic carbocycles. The number of anilines is 1. The Labute approximate surface area is 395 Å². The smallest absolute Gasteiger partial charge is 0.319 e. The summed E-state index contributed by atoms with van der Waals surface area (Å²) in [6, 6.07) is 3.54. The van der Waals surface area contributed by atoms with E-state index in [0.717, 1.165) is 6.42 Å². The number of carbonyl (C=O) groups is 3. The van der Waals surface area contributed by atoms with Crippen LogP contribution >= 0.6 is 23.2 Å². The Morgan fingerprint density at radius 2 is 1.62 bits per heavy atom. The Hall–Kier alpha value is -2.33. The molecule has 364 valence electrons. The van der Waals surface area contributed by atoms with Crippen molar-refractivity contribution in [1.82, 2.24) is 5.32 Å². The van der Waals surface area contributed by atoms with Crippen molar-refractivity contribution in [2.45, 2.75) is 205 Å². The fraction of sp³-hybridized carbons (Fsp3) is 0.780. The first-order valence-electron chi connectivity index (χ1n) is 24.3. The van der Waals surface area contributed by atoms with Gasteiger partial charge in [-0.1, -0.05) is 84.7 Å². The number of carboxylic acids is 1. The van der Waals surface area contributed by atoms with Crippen LogP contribution in [0, 0.1) is 40.9 Å². The third-order valence-corrected chi connectivity index (χ3v) is 18.0. The first kappa shape index (κ1) is 50.5. The number of aliphatic carboxylic acids is 1. The van der Waals surface area contributed by atoms with E-state index < -0.39 is 94.0 Å². The van der Waals surface area contributed by atoms with Crippen LogP contribution in [0.4, 0.5) is 10.5 Å². The van der Waals surface area contributed by atoms with E-state index in [-0.39, 0.29) is 29.6 Å². The number of carbonyl (C=O) groups excluding carboxylic acids is 2. The predicted octanol–water partition coefficient (Wildman–Crippen LogP) is 9.47. The van der Waals surface area contributed by atoms with E-state index in [2.05, 4.69) is 31.4 Å². The van der Waals surface area contributed by atoms with E-state index in [1.165, 1.54) is 0 Å². The number of hydrogen-bond acceptors (Lipinski definition) is 10. The number of aliphatic hydroxyl groups excluding tert-OH is 1. The summed E-state index contributed by atoms with van der Waals surface area (Å²) in [7, 11) is 0. The number of halogens is 2. The topological polar surface area (TPSA) is 182 Å². The Morgan fingerprint density at radius 1 is 0.908 bits per heavy atom. The SMILES string of the molecule is CCC(C(=O)[C@@H](C)[C@@H](O)C1(C)C[C@]12O[C@@H]([C@@H](CC)C(=O)O)CC[C@@H]2C)[C@H]1O[C@]2(C=CC(NC(=O)Nc3ccc(Cl)c(Cl)c3)[C@]3(CC[C@@](C)([C@H]4CC[C@](O)(CC)[C@H](C)O4)O3)O2)[C@H](C)C[C@@H]1C. The highest BCUT2D eigenvalue weighted by atomic mass is 35.5. The highest BCUT2D eigenvalue weighted by Gasteiger charge is 2.74. The highest BCUT2D eigenvalue weighted by Crippen LogP contribution is 2.68. The van der Waals surface area contributed by atoms with Gasteiger partial charge in [-0.15, -0.1) is 0 Å². The summed E-state index contributed by atoms with van der Waals surface area (Å²) in [6.45, 7) is 19.7. The molecule has 13 nitrogen and oxygen atoms in total. The number of nitrogens with one attached hydrogen (secondary N) is 2. The van der Waals surface area contributed by atoms with Crippen LogP contribution in [0.3, 0.4) is 0 Å². The van der Waals surface area contributed by atoms with Gasteiger partial charge in [-0.2, -0.15) is 0 Å². The van der Waals surface area contributed by atoms with Gasteiger partial charge in [-0.25, -0.2) is 4.79 Å². The zero-order chi connectivity index (χ0) is 47.7. The number of Topliss-reactive ketones (excluding diaryl/α,β-unsaturated/α-hetero) is 1. The second-order valence-electron chi connectivity index (χ2n) is 21.2. The molecule has 18 atom stereocenters. The molecule has 0 radical (unpaired) electrons. The molecular formula is C50H74Cl2N2O11. The van der Waals surface area contributed by atoms with Crippen LogP contribution in [0.1, 0.15) is 140 Å². The summed E-state index contributed by atoms with van der Waals surface area (Å²) in [5, 5.41) is 40.0. The van der Waals surface area contributed by atoms with Crippen molar-refractivity contribution >= 4 is 46.7 Å². The van der Waals surface area contributed by atoms with Crippen molar-refractivity contribution in [3.05, 3.63) is 40.4 Å². The molecule has 1 aliphatic carbocycles. The molecule has 2 amide bonds. The molecule has 1 aromatic rings. The van der Waals surface area contributed by atoms with Gasteiger partial charge in [0.2, 0.25) is 0 Å². The third-order valence-electron chi connectivity index (χ3n) is 17.2. The lowest BCUT2D eigenvalue weighted by atomic mass is 9.72. The Morgan fingerprint density at radius 3 is 2.25 bits per heavy atom. The minimum atomic E-state index is -1.42. The van der Waals surface area contributed by atoms with E-state index in [9.17, 15) is 29.7 Å².